The molecule has 2 aliphatic rings. The third kappa shape index (κ3) is 5.42. The van der Waals surface area contributed by atoms with Crippen LogP contribution in [0.25, 0.3) is 11.2 Å². The quantitative estimate of drug-likeness (QED) is 0.289. The maximum atomic E-state index is 10.0. The molecule has 0 amide bonds. The van der Waals surface area contributed by atoms with Crippen molar-refractivity contribution in [1.29, 1.82) is 0 Å². The molecule has 2 saturated heterocycles. The number of aliphatic hydroxyl groups is 1. The maximum absolute atomic E-state index is 10.0. The summed E-state index contributed by atoms with van der Waals surface area (Å²) in [7, 11) is 6.94. The molecule has 1 aromatic carbocycles. The van der Waals surface area contributed by atoms with E-state index in [9.17, 15) is 5.11 Å². The molecule has 0 radical (unpaired) electrons. The number of hydrogen-bond acceptors (Lipinski definition) is 11. The van der Waals surface area contributed by atoms with E-state index < -0.39 is 0 Å². The molecule has 6 rings (SSSR count). The lowest BCUT2D eigenvalue weighted by Crippen LogP contribution is -2.44. The zero-order valence-corrected chi connectivity index (χ0v) is 24.7. The van der Waals surface area contributed by atoms with Gasteiger partial charge < -0.3 is 39.0 Å². The van der Waals surface area contributed by atoms with Crippen LogP contribution in [0.1, 0.15) is 18.5 Å². The second-order valence-corrected chi connectivity index (χ2v) is 10.8. The molecular weight excluding hydrogens is 538 g/mol. The standard InChI is InChI=1S/C29H39N9O4/c1-34-10-12-35(13-11-34)16-20-7-8-23-28(32-29(33-38(20)23)37-9-5-6-21(37)18-39)31-26-17-36(19-30-26)22-14-24(40-2)27(42-4)25(15-22)41-3/h7-8,14-15,17,19,21,39H,5-6,9-13,16,18H2,1-4H3,(H,31,32,33)/t21-/m0/s1. The molecule has 0 bridgehead atoms. The number of imidazole rings is 1. The molecule has 4 aromatic rings. The van der Waals surface area contributed by atoms with Crippen LogP contribution in [0.15, 0.2) is 36.8 Å². The number of rotatable bonds is 10. The van der Waals surface area contributed by atoms with Crippen LogP contribution in [0.4, 0.5) is 17.6 Å². The van der Waals surface area contributed by atoms with Crippen molar-refractivity contribution in [2.45, 2.75) is 25.4 Å². The first kappa shape index (κ1) is 28.1. The van der Waals surface area contributed by atoms with E-state index in [-0.39, 0.29) is 12.6 Å². The van der Waals surface area contributed by atoms with Crippen molar-refractivity contribution in [2.24, 2.45) is 0 Å². The molecule has 0 unspecified atom stereocenters. The summed E-state index contributed by atoms with van der Waals surface area (Å²) >= 11 is 0. The van der Waals surface area contributed by atoms with E-state index >= 15 is 0 Å². The van der Waals surface area contributed by atoms with Gasteiger partial charge in [0.25, 0.3) is 0 Å². The van der Waals surface area contributed by atoms with Crippen molar-refractivity contribution in [2.75, 3.05) is 77.9 Å². The highest BCUT2D eigenvalue weighted by Gasteiger charge is 2.28. The number of ether oxygens (including phenoxy) is 3. The highest BCUT2D eigenvalue weighted by molar-refractivity contribution is 5.74. The molecule has 224 valence electrons. The van der Waals surface area contributed by atoms with Gasteiger partial charge in [-0.05, 0) is 32.0 Å². The smallest absolute Gasteiger partial charge is 0.245 e. The number of benzene rings is 1. The van der Waals surface area contributed by atoms with E-state index in [1.807, 2.05) is 27.4 Å². The summed E-state index contributed by atoms with van der Waals surface area (Å²) in [4.78, 5) is 16.5. The number of aromatic nitrogens is 5. The van der Waals surface area contributed by atoms with Crippen molar-refractivity contribution < 1.29 is 19.3 Å². The normalized spacial score (nSPS) is 18.1. The number of nitrogens with one attached hydrogen (secondary N) is 1. The van der Waals surface area contributed by atoms with Crippen LogP contribution in [0.3, 0.4) is 0 Å². The fourth-order valence-electron chi connectivity index (χ4n) is 5.76. The molecule has 42 heavy (non-hydrogen) atoms. The van der Waals surface area contributed by atoms with Crippen LogP contribution < -0.4 is 24.4 Å². The molecule has 1 atom stereocenters. The van der Waals surface area contributed by atoms with E-state index in [1.165, 1.54) is 0 Å². The van der Waals surface area contributed by atoms with Crippen molar-refractivity contribution in [3.8, 4) is 22.9 Å². The van der Waals surface area contributed by atoms with Gasteiger partial charge in [0.1, 0.15) is 17.7 Å². The van der Waals surface area contributed by atoms with E-state index in [1.54, 1.807) is 27.7 Å². The Bertz CT molecular complexity index is 1500. The largest absolute Gasteiger partial charge is 0.493 e. The minimum atomic E-state index is 0.00573. The predicted molar refractivity (Wildman–Crippen MR) is 160 cm³/mol. The number of likely N-dealkylation sites (N-methyl/N-ethyl adjacent to an activating group) is 1. The van der Waals surface area contributed by atoms with Gasteiger partial charge in [0, 0.05) is 51.4 Å². The first-order valence-corrected chi connectivity index (χ1v) is 14.3. The minimum absolute atomic E-state index is 0.00573. The second-order valence-electron chi connectivity index (χ2n) is 10.8. The molecule has 0 aliphatic carbocycles. The highest BCUT2D eigenvalue weighted by atomic mass is 16.5. The number of piperazine rings is 1. The number of hydrogen-bond donors (Lipinski definition) is 2. The summed E-state index contributed by atoms with van der Waals surface area (Å²) in [6.45, 7) is 5.82. The molecular formula is C29H39N9O4. The molecule has 3 aromatic heterocycles. The molecule has 2 fully saturated rings. The Morgan fingerprint density at radius 1 is 1.00 bits per heavy atom. The van der Waals surface area contributed by atoms with Crippen LogP contribution >= 0.6 is 0 Å². The Hall–Kier alpha value is -4.07. The summed E-state index contributed by atoms with van der Waals surface area (Å²) in [6, 6.07) is 7.92. The van der Waals surface area contributed by atoms with E-state index in [2.05, 4.69) is 44.2 Å². The van der Waals surface area contributed by atoms with Gasteiger partial charge in [0.05, 0.1) is 51.6 Å². The van der Waals surface area contributed by atoms with Gasteiger partial charge in [-0.25, -0.2) is 9.50 Å². The summed E-state index contributed by atoms with van der Waals surface area (Å²) < 4.78 is 20.4. The summed E-state index contributed by atoms with van der Waals surface area (Å²) in [5, 5.41) is 18.4. The third-order valence-electron chi connectivity index (χ3n) is 8.18. The Kier molecular flexibility index (Phi) is 8.05. The fraction of sp³-hybridized carbons (Fsp3) is 0.483. The van der Waals surface area contributed by atoms with Gasteiger partial charge in [-0.1, -0.05) is 0 Å². The molecule has 0 spiro atoms. The van der Waals surface area contributed by atoms with Gasteiger partial charge in [-0.3, -0.25) is 4.90 Å². The van der Waals surface area contributed by atoms with Gasteiger partial charge in [0.2, 0.25) is 11.7 Å². The van der Waals surface area contributed by atoms with Crippen molar-refractivity contribution in [1.82, 2.24) is 33.9 Å². The topological polar surface area (TPSA) is 118 Å². The molecule has 13 nitrogen and oxygen atoms in total. The molecule has 2 aliphatic heterocycles. The monoisotopic (exact) mass is 577 g/mol. The number of anilines is 3. The summed E-state index contributed by atoms with van der Waals surface area (Å²) in [6.07, 6.45) is 5.52. The van der Waals surface area contributed by atoms with Gasteiger partial charge in [-0.15, -0.1) is 5.10 Å². The predicted octanol–water partition coefficient (Wildman–Crippen LogP) is 2.39. The molecule has 2 N–H and O–H groups in total. The minimum Gasteiger partial charge on any atom is -0.493 e. The van der Waals surface area contributed by atoms with Crippen molar-refractivity contribution in [3.05, 3.63) is 42.5 Å². The van der Waals surface area contributed by atoms with Gasteiger partial charge in [0.15, 0.2) is 17.3 Å². The van der Waals surface area contributed by atoms with E-state index in [0.29, 0.717) is 34.8 Å². The molecule has 13 heteroatoms. The van der Waals surface area contributed by atoms with Gasteiger partial charge >= 0.3 is 0 Å². The van der Waals surface area contributed by atoms with Crippen LogP contribution in [0.5, 0.6) is 17.2 Å². The van der Waals surface area contributed by atoms with Gasteiger partial charge in [-0.2, -0.15) is 4.98 Å². The van der Waals surface area contributed by atoms with E-state index in [4.69, 9.17) is 24.3 Å². The summed E-state index contributed by atoms with van der Waals surface area (Å²) in [5.41, 5.74) is 2.77. The SMILES string of the molecule is COc1cc(-n2cnc(Nc3nc(N4CCC[C@H]4CO)nn4c(CN5CCN(C)CC5)ccc34)c2)cc(OC)c1OC. The lowest BCUT2D eigenvalue weighted by atomic mass is 10.2. The Morgan fingerprint density at radius 2 is 1.76 bits per heavy atom. The van der Waals surface area contributed by atoms with Crippen LogP contribution in [0.2, 0.25) is 0 Å². The lowest BCUT2D eigenvalue weighted by Gasteiger charge is -2.32. The number of fused-ring (bicyclic) bond motifs is 1. The first-order chi connectivity index (χ1) is 20.5. The molecule has 5 heterocycles. The Labute approximate surface area is 245 Å². The Balaban J connectivity index is 1.34. The molecule has 0 saturated carbocycles. The zero-order valence-electron chi connectivity index (χ0n) is 24.7. The van der Waals surface area contributed by atoms with Crippen LogP contribution in [-0.4, -0.2) is 113 Å². The van der Waals surface area contributed by atoms with E-state index in [0.717, 1.165) is 69.0 Å². The second kappa shape index (κ2) is 12.0. The number of aliphatic hydroxyl groups excluding tert-OH is 1. The Morgan fingerprint density at radius 3 is 2.45 bits per heavy atom. The third-order valence-corrected chi connectivity index (χ3v) is 8.18. The first-order valence-electron chi connectivity index (χ1n) is 14.3. The van der Waals surface area contributed by atoms with Crippen molar-refractivity contribution >= 4 is 23.1 Å². The lowest BCUT2D eigenvalue weighted by molar-refractivity contribution is 0.146. The van der Waals surface area contributed by atoms with Crippen molar-refractivity contribution in [3.63, 3.8) is 0 Å². The highest BCUT2D eigenvalue weighted by Crippen LogP contribution is 2.39. The maximum Gasteiger partial charge on any atom is 0.245 e. The van der Waals surface area contributed by atoms with Crippen LogP contribution in [-0.2, 0) is 6.54 Å². The number of nitrogens with zero attached hydrogens (tertiary/aromatic N) is 8. The average Bonchev–Trinajstić information content (AvgIpc) is 3.78. The zero-order chi connectivity index (χ0) is 29.2. The van der Waals surface area contributed by atoms with Crippen LogP contribution in [0, 0.1) is 0 Å². The average molecular weight is 578 g/mol. The fourth-order valence-corrected chi connectivity index (χ4v) is 5.76. The summed E-state index contributed by atoms with van der Waals surface area (Å²) in [5.74, 6) is 3.52. The number of methoxy groups -OCH3 is 3.